The van der Waals surface area contributed by atoms with E-state index >= 15 is 0 Å². The molecule has 1 amide bonds. The molecule has 8 heteroatoms. The average molecular weight is 525 g/mol. The number of hydrogen-bond acceptors (Lipinski definition) is 6. The maximum Gasteiger partial charge on any atom is 0.255 e. The van der Waals surface area contributed by atoms with Crippen LogP contribution in [0.15, 0.2) is 78.9 Å². The van der Waals surface area contributed by atoms with Gasteiger partial charge in [-0.25, -0.2) is 0 Å². The Morgan fingerprint density at radius 2 is 1.69 bits per heavy atom. The van der Waals surface area contributed by atoms with Crippen molar-refractivity contribution in [3.8, 4) is 0 Å². The van der Waals surface area contributed by atoms with Crippen molar-refractivity contribution in [3.05, 3.63) is 101 Å². The molecule has 0 radical (unpaired) electrons. The maximum atomic E-state index is 12.7. The van der Waals surface area contributed by atoms with Gasteiger partial charge in [0, 0.05) is 48.3 Å². The van der Waals surface area contributed by atoms with E-state index in [0.717, 1.165) is 74.1 Å². The molecule has 39 heavy (non-hydrogen) atoms. The molecule has 1 aromatic heterocycles. The zero-order valence-corrected chi connectivity index (χ0v) is 22.6. The molecule has 1 aliphatic heterocycles. The minimum Gasteiger partial charge on any atom is -0.378 e. The van der Waals surface area contributed by atoms with Gasteiger partial charge in [0.1, 0.15) is 5.82 Å². The van der Waals surface area contributed by atoms with Crippen LogP contribution in [0.3, 0.4) is 0 Å². The number of morpholine rings is 1. The standard InChI is InChI=1S/C31H36N6O2/c1-36(2)22-24-6-9-25(10-7-24)31(38)33-27-5-3-4-23(20-27)8-11-28-21-30(35-34-28)32-26-12-14-29(15-13-26)37-16-18-39-19-17-37/h3-7,9-10,12-15,20-21H,8,11,16-19,22H2,1-2H3,(H,33,38)(H2,32,34,35). The highest BCUT2D eigenvalue weighted by atomic mass is 16.5. The summed E-state index contributed by atoms with van der Waals surface area (Å²) in [5, 5.41) is 14.0. The van der Waals surface area contributed by atoms with Crippen molar-refractivity contribution < 1.29 is 9.53 Å². The second-order valence-corrected chi connectivity index (χ2v) is 10.1. The van der Waals surface area contributed by atoms with Gasteiger partial charge in [0.2, 0.25) is 0 Å². The highest BCUT2D eigenvalue weighted by molar-refractivity contribution is 6.04. The molecule has 0 bridgehead atoms. The third kappa shape index (κ3) is 7.46. The number of amides is 1. The fourth-order valence-corrected chi connectivity index (χ4v) is 4.69. The predicted octanol–water partition coefficient (Wildman–Crippen LogP) is 5.09. The fourth-order valence-electron chi connectivity index (χ4n) is 4.69. The van der Waals surface area contributed by atoms with Gasteiger partial charge in [0.15, 0.2) is 0 Å². The molecule has 0 spiro atoms. The predicted molar refractivity (Wildman–Crippen MR) is 157 cm³/mol. The summed E-state index contributed by atoms with van der Waals surface area (Å²) >= 11 is 0. The Kier molecular flexibility index (Phi) is 8.55. The number of carbonyl (C=O) groups excluding carboxylic acids is 1. The minimum absolute atomic E-state index is 0.107. The van der Waals surface area contributed by atoms with Crippen LogP contribution in [0.2, 0.25) is 0 Å². The van der Waals surface area contributed by atoms with E-state index in [9.17, 15) is 4.79 Å². The van der Waals surface area contributed by atoms with Crippen LogP contribution in [0.4, 0.5) is 22.9 Å². The van der Waals surface area contributed by atoms with Gasteiger partial charge in [0.05, 0.1) is 18.9 Å². The zero-order chi connectivity index (χ0) is 27.0. The van der Waals surface area contributed by atoms with Gasteiger partial charge in [-0.15, -0.1) is 0 Å². The first-order chi connectivity index (χ1) is 19.0. The number of hydrogen-bond donors (Lipinski definition) is 3. The van der Waals surface area contributed by atoms with E-state index in [2.05, 4.69) is 61.0 Å². The average Bonchev–Trinajstić information content (AvgIpc) is 3.40. The highest BCUT2D eigenvalue weighted by Gasteiger charge is 2.11. The van der Waals surface area contributed by atoms with Crippen LogP contribution in [0.1, 0.15) is 27.2 Å². The van der Waals surface area contributed by atoms with E-state index in [1.165, 1.54) is 11.3 Å². The van der Waals surface area contributed by atoms with Gasteiger partial charge < -0.3 is 25.2 Å². The van der Waals surface area contributed by atoms with Crippen molar-refractivity contribution >= 4 is 28.8 Å². The summed E-state index contributed by atoms with van der Waals surface area (Å²) < 4.78 is 5.44. The lowest BCUT2D eigenvalue weighted by atomic mass is 10.1. The van der Waals surface area contributed by atoms with E-state index in [4.69, 9.17) is 4.74 Å². The fraction of sp³-hybridized carbons (Fsp3) is 0.290. The molecule has 0 aliphatic carbocycles. The molecule has 8 nitrogen and oxygen atoms in total. The first-order valence-corrected chi connectivity index (χ1v) is 13.4. The topological polar surface area (TPSA) is 85.5 Å². The lowest BCUT2D eigenvalue weighted by Crippen LogP contribution is -2.36. The Morgan fingerprint density at radius 1 is 0.923 bits per heavy atom. The summed E-state index contributed by atoms with van der Waals surface area (Å²) in [5.41, 5.74) is 6.97. The number of H-pyrrole nitrogens is 1. The van der Waals surface area contributed by atoms with E-state index in [-0.39, 0.29) is 5.91 Å². The van der Waals surface area contributed by atoms with E-state index in [0.29, 0.717) is 5.56 Å². The number of rotatable bonds is 10. The summed E-state index contributed by atoms with van der Waals surface area (Å²) in [7, 11) is 4.06. The summed E-state index contributed by atoms with van der Waals surface area (Å²) in [5.74, 6) is 0.756. The summed E-state index contributed by atoms with van der Waals surface area (Å²) in [6.07, 6.45) is 1.61. The highest BCUT2D eigenvalue weighted by Crippen LogP contribution is 2.22. The van der Waals surface area contributed by atoms with Crippen LogP contribution in [-0.4, -0.2) is 61.4 Å². The largest absolute Gasteiger partial charge is 0.378 e. The van der Waals surface area contributed by atoms with Gasteiger partial charge in [-0.2, -0.15) is 5.10 Å². The summed E-state index contributed by atoms with van der Waals surface area (Å²) in [6, 6.07) is 26.2. The lowest BCUT2D eigenvalue weighted by molar-refractivity contribution is 0.102. The number of ether oxygens (including phenoxy) is 1. The molecule has 3 aromatic carbocycles. The summed E-state index contributed by atoms with van der Waals surface area (Å²) in [6.45, 7) is 4.26. The molecular weight excluding hydrogens is 488 g/mol. The van der Waals surface area contributed by atoms with Crippen molar-refractivity contribution in [2.45, 2.75) is 19.4 Å². The second-order valence-electron chi connectivity index (χ2n) is 10.1. The molecular formula is C31H36N6O2. The number of carbonyl (C=O) groups is 1. The molecule has 4 aromatic rings. The van der Waals surface area contributed by atoms with Crippen molar-refractivity contribution in [3.63, 3.8) is 0 Å². The van der Waals surface area contributed by atoms with Gasteiger partial charge in [0.25, 0.3) is 5.91 Å². The minimum atomic E-state index is -0.107. The molecule has 1 aliphatic rings. The molecule has 0 atom stereocenters. The quantitative estimate of drug-likeness (QED) is 0.268. The number of nitrogens with zero attached hydrogens (tertiary/aromatic N) is 3. The first-order valence-electron chi connectivity index (χ1n) is 13.4. The van der Waals surface area contributed by atoms with Crippen LogP contribution in [0.25, 0.3) is 0 Å². The molecule has 202 valence electrons. The van der Waals surface area contributed by atoms with E-state index < -0.39 is 0 Å². The maximum absolute atomic E-state index is 12.7. The first kappa shape index (κ1) is 26.5. The van der Waals surface area contributed by atoms with Crippen LogP contribution >= 0.6 is 0 Å². The number of aryl methyl sites for hydroxylation is 2. The number of anilines is 4. The number of nitrogens with one attached hydrogen (secondary N) is 3. The lowest BCUT2D eigenvalue weighted by Gasteiger charge is -2.28. The van der Waals surface area contributed by atoms with Crippen LogP contribution in [0, 0.1) is 0 Å². The Balaban J connectivity index is 1.12. The normalized spacial score (nSPS) is 13.5. The molecule has 5 rings (SSSR count). The Labute approximate surface area is 230 Å². The zero-order valence-electron chi connectivity index (χ0n) is 22.6. The molecule has 0 unspecified atom stereocenters. The Hall–Kier alpha value is -4.14. The van der Waals surface area contributed by atoms with Gasteiger partial charge >= 0.3 is 0 Å². The number of aromatic nitrogens is 2. The molecule has 3 N–H and O–H groups in total. The van der Waals surface area contributed by atoms with Crippen LogP contribution < -0.4 is 15.5 Å². The molecule has 2 heterocycles. The number of aromatic amines is 1. The van der Waals surface area contributed by atoms with Gasteiger partial charge in [-0.1, -0.05) is 24.3 Å². The van der Waals surface area contributed by atoms with Crippen LogP contribution in [0.5, 0.6) is 0 Å². The Morgan fingerprint density at radius 3 is 2.44 bits per heavy atom. The van der Waals surface area contributed by atoms with Crippen molar-refractivity contribution in [1.29, 1.82) is 0 Å². The second kappa shape index (κ2) is 12.6. The Bertz CT molecular complexity index is 1360. The summed E-state index contributed by atoms with van der Waals surface area (Å²) in [4.78, 5) is 17.2. The smallest absolute Gasteiger partial charge is 0.255 e. The molecule has 1 saturated heterocycles. The third-order valence-corrected chi connectivity index (χ3v) is 6.72. The van der Waals surface area contributed by atoms with Crippen molar-refractivity contribution in [2.75, 3.05) is 55.9 Å². The number of benzene rings is 3. The monoisotopic (exact) mass is 524 g/mol. The van der Waals surface area contributed by atoms with Crippen molar-refractivity contribution in [2.24, 2.45) is 0 Å². The van der Waals surface area contributed by atoms with Gasteiger partial charge in [-0.3, -0.25) is 9.89 Å². The van der Waals surface area contributed by atoms with E-state index in [1.54, 1.807) is 0 Å². The van der Waals surface area contributed by atoms with E-state index in [1.807, 2.05) is 62.6 Å². The van der Waals surface area contributed by atoms with Crippen molar-refractivity contribution in [1.82, 2.24) is 15.1 Å². The molecule has 0 saturated carbocycles. The van der Waals surface area contributed by atoms with Crippen LogP contribution in [-0.2, 0) is 24.1 Å². The third-order valence-electron chi connectivity index (χ3n) is 6.72. The SMILES string of the molecule is CN(C)Cc1ccc(C(=O)Nc2cccc(CCc3cc(Nc4ccc(N5CCOCC5)cc4)[nH]n3)c2)cc1. The van der Waals surface area contributed by atoms with Gasteiger partial charge in [-0.05, 0) is 86.6 Å². The molecule has 1 fully saturated rings.